The van der Waals surface area contributed by atoms with Crippen LogP contribution in [0.25, 0.3) is 0 Å². The Bertz CT molecular complexity index is 293. The van der Waals surface area contributed by atoms with Crippen molar-refractivity contribution < 1.29 is 0 Å². The first-order chi connectivity index (χ1) is 6.81. The Balaban J connectivity index is 2.09. The summed E-state index contributed by atoms with van der Waals surface area (Å²) in [6.07, 6.45) is 3.97. The second kappa shape index (κ2) is 4.28. The maximum atomic E-state index is 5.63. The van der Waals surface area contributed by atoms with Crippen molar-refractivity contribution in [1.82, 2.24) is 4.98 Å². The van der Waals surface area contributed by atoms with Gasteiger partial charge in [0.1, 0.15) is 0 Å². The molecule has 0 unspecified atom stereocenters. The van der Waals surface area contributed by atoms with Gasteiger partial charge < -0.3 is 10.6 Å². The van der Waals surface area contributed by atoms with Gasteiger partial charge in [0.25, 0.3) is 0 Å². The van der Waals surface area contributed by atoms with Gasteiger partial charge in [-0.1, -0.05) is 0 Å². The fourth-order valence-corrected chi connectivity index (χ4v) is 2.65. The summed E-state index contributed by atoms with van der Waals surface area (Å²) >= 11 is 1.73. The van der Waals surface area contributed by atoms with E-state index in [0.29, 0.717) is 6.04 Å². The molecule has 1 saturated carbocycles. The minimum absolute atomic E-state index is 0.698. The normalized spacial score (nSPS) is 16.7. The lowest BCUT2D eigenvalue weighted by atomic mass is 9.92. The van der Waals surface area contributed by atoms with Crippen molar-refractivity contribution in [3.8, 4) is 0 Å². The average Bonchev–Trinajstić information content (AvgIpc) is 2.48. The van der Waals surface area contributed by atoms with Gasteiger partial charge in [-0.3, -0.25) is 0 Å². The lowest BCUT2D eigenvalue weighted by molar-refractivity contribution is 0.387. The topological polar surface area (TPSA) is 42.1 Å². The van der Waals surface area contributed by atoms with Gasteiger partial charge in [-0.25, -0.2) is 4.98 Å². The van der Waals surface area contributed by atoms with Crippen LogP contribution in [0.4, 0.5) is 5.13 Å². The molecule has 0 saturated heterocycles. The summed E-state index contributed by atoms with van der Waals surface area (Å²) in [6, 6.07) is 0.698. The third-order valence-electron chi connectivity index (χ3n) is 2.74. The molecule has 3 nitrogen and oxygen atoms in total. The molecule has 0 aromatic carbocycles. The molecule has 2 rings (SSSR count). The van der Waals surface area contributed by atoms with Crippen molar-refractivity contribution in [2.75, 3.05) is 18.0 Å². The monoisotopic (exact) mass is 211 g/mol. The SMILES string of the molecule is Cc1csc(N(CCN)C2CCC2)n1. The number of anilines is 1. The summed E-state index contributed by atoms with van der Waals surface area (Å²) in [5.74, 6) is 0. The second-order valence-electron chi connectivity index (χ2n) is 3.84. The first-order valence-electron chi connectivity index (χ1n) is 5.20. The van der Waals surface area contributed by atoms with E-state index in [1.807, 2.05) is 6.92 Å². The quantitative estimate of drug-likeness (QED) is 0.825. The summed E-state index contributed by atoms with van der Waals surface area (Å²) in [4.78, 5) is 6.90. The first-order valence-corrected chi connectivity index (χ1v) is 6.08. The highest BCUT2D eigenvalue weighted by atomic mass is 32.1. The van der Waals surface area contributed by atoms with Crippen molar-refractivity contribution in [2.45, 2.75) is 32.2 Å². The molecule has 0 bridgehead atoms. The van der Waals surface area contributed by atoms with Gasteiger partial charge >= 0.3 is 0 Å². The molecule has 0 amide bonds. The van der Waals surface area contributed by atoms with Gasteiger partial charge in [-0.05, 0) is 26.2 Å². The number of aryl methyl sites for hydroxylation is 1. The van der Waals surface area contributed by atoms with E-state index in [9.17, 15) is 0 Å². The molecule has 1 aliphatic carbocycles. The predicted molar refractivity (Wildman–Crippen MR) is 60.9 cm³/mol. The molecule has 1 aliphatic rings. The lowest BCUT2D eigenvalue weighted by Crippen LogP contribution is -2.43. The van der Waals surface area contributed by atoms with Gasteiger partial charge in [0, 0.05) is 24.5 Å². The van der Waals surface area contributed by atoms with Crippen LogP contribution >= 0.6 is 11.3 Å². The zero-order chi connectivity index (χ0) is 9.97. The Kier molecular flexibility index (Phi) is 3.03. The van der Waals surface area contributed by atoms with Gasteiger partial charge in [-0.15, -0.1) is 11.3 Å². The number of aromatic nitrogens is 1. The molecule has 4 heteroatoms. The lowest BCUT2D eigenvalue weighted by Gasteiger charge is -2.37. The molecule has 1 heterocycles. The molecule has 1 aromatic heterocycles. The van der Waals surface area contributed by atoms with E-state index in [-0.39, 0.29) is 0 Å². The van der Waals surface area contributed by atoms with Gasteiger partial charge in [-0.2, -0.15) is 0 Å². The summed E-state index contributed by atoms with van der Waals surface area (Å²) in [5, 5.41) is 3.26. The fourth-order valence-electron chi connectivity index (χ4n) is 1.75. The zero-order valence-electron chi connectivity index (χ0n) is 8.57. The summed E-state index contributed by atoms with van der Waals surface area (Å²) in [7, 11) is 0. The van der Waals surface area contributed by atoms with E-state index >= 15 is 0 Å². The van der Waals surface area contributed by atoms with E-state index in [4.69, 9.17) is 5.73 Å². The third-order valence-corrected chi connectivity index (χ3v) is 3.73. The van der Waals surface area contributed by atoms with Crippen LogP contribution in [0.3, 0.4) is 0 Å². The number of thiazole rings is 1. The molecule has 1 fully saturated rings. The number of hydrogen-bond donors (Lipinski definition) is 1. The summed E-state index contributed by atoms with van der Waals surface area (Å²) in [5.41, 5.74) is 6.74. The molecule has 0 radical (unpaired) electrons. The maximum absolute atomic E-state index is 5.63. The van der Waals surface area contributed by atoms with Crippen molar-refractivity contribution in [1.29, 1.82) is 0 Å². The van der Waals surface area contributed by atoms with E-state index in [2.05, 4.69) is 15.3 Å². The third kappa shape index (κ3) is 1.91. The minimum Gasteiger partial charge on any atom is -0.344 e. The number of nitrogens with zero attached hydrogens (tertiary/aromatic N) is 2. The predicted octanol–water partition coefficient (Wildman–Crippen LogP) is 1.77. The van der Waals surface area contributed by atoms with Crippen molar-refractivity contribution in [3.63, 3.8) is 0 Å². The molecular weight excluding hydrogens is 194 g/mol. The highest BCUT2D eigenvalue weighted by Gasteiger charge is 2.26. The van der Waals surface area contributed by atoms with E-state index in [1.54, 1.807) is 11.3 Å². The molecule has 0 aliphatic heterocycles. The van der Waals surface area contributed by atoms with Crippen LogP contribution in [-0.4, -0.2) is 24.1 Å². The van der Waals surface area contributed by atoms with E-state index < -0.39 is 0 Å². The number of nitrogens with two attached hydrogens (primary N) is 1. The Morgan fingerprint density at radius 1 is 1.64 bits per heavy atom. The maximum Gasteiger partial charge on any atom is 0.185 e. The van der Waals surface area contributed by atoms with Crippen molar-refractivity contribution >= 4 is 16.5 Å². The number of hydrogen-bond acceptors (Lipinski definition) is 4. The van der Waals surface area contributed by atoms with Gasteiger partial charge in [0.2, 0.25) is 0 Å². The largest absolute Gasteiger partial charge is 0.344 e. The Labute approximate surface area is 88.9 Å². The van der Waals surface area contributed by atoms with Gasteiger partial charge in [0.05, 0.1) is 5.69 Å². The second-order valence-corrected chi connectivity index (χ2v) is 4.67. The fraction of sp³-hybridized carbons (Fsp3) is 0.700. The Morgan fingerprint density at radius 3 is 2.86 bits per heavy atom. The Morgan fingerprint density at radius 2 is 2.43 bits per heavy atom. The van der Waals surface area contributed by atoms with Crippen LogP contribution in [0.15, 0.2) is 5.38 Å². The average molecular weight is 211 g/mol. The molecule has 78 valence electrons. The van der Waals surface area contributed by atoms with Crippen LogP contribution in [0.5, 0.6) is 0 Å². The highest BCUT2D eigenvalue weighted by Crippen LogP contribution is 2.30. The van der Waals surface area contributed by atoms with E-state index in [1.165, 1.54) is 19.3 Å². The minimum atomic E-state index is 0.698. The molecule has 0 spiro atoms. The number of rotatable bonds is 4. The molecular formula is C10H17N3S. The zero-order valence-corrected chi connectivity index (χ0v) is 9.39. The molecule has 1 aromatic rings. The smallest absolute Gasteiger partial charge is 0.185 e. The van der Waals surface area contributed by atoms with Crippen molar-refractivity contribution in [3.05, 3.63) is 11.1 Å². The highest BCUT2D eigenvalue weighted by molar-refractivity contribution is 7.13. The first kappa shape index (κ1) is 9.93. The van der Waals surface area contributed by atoms with Crippen LogP contribution in [0.2, 0.25) is 0 Å². The van der Waals surface area contributed by atoms with Crippen LogP contribution in [0.1, 0.15) is 25.0 Å². The molecule has 0 atom stereocenters. The van der Waals surface area contributed by atoms with Crippen LogP contribution < -0.4 is 10.6 Å². The molecule has 14 heavy (non-hydrogen) atoms. The Hall–Kier alpha value is -0.610. The van der Waals surface area contributed by atoms with Crippen LogP contribution in [0, 0.1) is 6.92 Å². The standard InChI is InChI=1S/C10H17N3S/c1-8-7-14-10(12-8)13(6-5-11)9-3-2-4-9/h7,9H,2-6,11H2,1H3. The molecule has 2 N–H and O–H groups in total. The van der Waals surface area contributed by atoms with Crippen LogP contribution in [-0.2, 0) is 0 Å². The summed E-state index contributed by atoms with van der Waals surface area (Å²) in [6.45, 7) is 3.70. The van der Waals surface area contributed by atoms with E-state index in [0.717, 1.165) is 23.9 Å². The summed E-state index contributed by atoms with van der Waals surface area (Å²) < 4.78 is 0. The van der Waals surface area contributed by atoms with Gasteiger partial charge in [0.15, 0.2) is 5.13 Å². The van der Waals surface area contributed by atoms with Crippen molar-refractivity contribution in [2.24, 2.45) is 5.73 Å².